The van der Waals surface area contributed by atoms with E-state index in [1.807, 2.05) is 29.8 Å². The minimum atomic E-state index is -0.0351. The summed E-state index contributed by atoms with van der Waals surface area (Å²) in [5.41, 5.74) is 4.36. The molecule has 1 fully saturated rings. The topological polar surface area (TPSA) is 92.0 Å². The van der Waals surface area contributed by atoms with E-state index in [9.17, 15) is 5.26 Å². The van der Waals surface area contributed by atoms with Crippen molar-refractivity contribution in [2.45, 2.75) is 57.9 Å². The van der Waals surface area contributed by atoms with Gasteiger partial charge in [0, 0.05) is 18.4 Å². The van der Waals surface area contributed by atoms with Crippen molar-refractivity contribution in [2.75, 3.05) is 5.32 Å². The zero-order valence-electron chi connectivity index (χ0n) is 16.0. The van der Waals surface area contributed by atoms with Crippen LogP contribution in [-0.4, -0.2) is 32.1 Å². The van der Waals surface area contributed by atoms with Crippen molar-refractivity contribution in [3.05, 3.63) is 47.0 Å². The number of rotatable bonds is 5. The second kappa shape index (κ2) is 6.57. The van der Waals surface area contributed by atoms with E-state index in [0.717, 1.165) is 40.9 Å². The summed E-state index contributed by atoms with van der Waals surface area (Å²) in [5, 5.41) is 18.4. The number of hydrogen-bond acceptors (Lipinski definition) is 6. The Balaban J connectivity index is 1.62. The lowest BCUT2D eigenvalue weighted by atomic mass is 9.86. The van der Waals surface area contributed by atoms with Crippen LogP contribution in [-0.2, 0) is 11.3 Å². The monoisotopic (exact) mass is 374 g/mol. The van der Waals surface area contributed by atoms with Gasteiger partial charge in [0.15, 0.2) is 11.9 Å². The number of unbranched alkanes of at least 4 members (excludes halogenated alkanes) is 2. The molecule has 7 nitrogen and oxygen atoms in total. The molecule has 28 heavy (non-hydrogen) atoms. The highest BCUT2D eigenvalue weighted by Crippen LogP contribution is 2.48. The number of nitrogens with zero attached hydrogens (tertiary/aromatic N) is 5. The Labute approximate surface area is 163 Å². The van der Waals surface area contributed by atoms with Gasteiger partial charge in [-0.1, -0.05) is 19.8 Å². The van der Waals surface area contributed by atoms with E-state index in [0.29, 0.717) is 11.4 Å². The summed E-state index contributed by atoms with van der Waals surface area (Å²) in [4.78, 5) is 9.37. The first kappa shape index (κ1) is 17.1. The van der Waals surface area contributed by atoms with Gasteiger partial charge >= 0.3 is 0 Å². The molecular formula is C21H22N6O. The summed E-state index contributed by atoms with van der Waals surface area (Å²) in [6.07, 6.45) is 5.54. The fourth-order valence-electron chi connectivity index (χ4n) is 4.11. The first-order valence-corrected chi connectivity index (χ1v) is 9.85. The Morgan fingerprint density at radius 1 is 1.29 bits per heavy atom. The van der Waals surface area contributed by atoms with Gasteiger partial charge in [-0.3, -0.25) is 4.68 Å². The molecule has 2 aliphatic heterocycles. The Morgan fingerprint density at radius 2 is 2.18 bits per heavy atom. The van der Waals surface area contributed by atoms with Crippen LogP contribution < -0.4 is 5.32 Å². The molecule has 0 amide bonds. The zero-order valence-corrected chi connectivity index (χ0v) is 16.0. The highest BCUT2D eigenvalue weighted by Gasteiger charge is 2.51. The first-order valence-electron chi connectivity index (χ1n) is 9.85. The van der Waals surface area contributed by atoms with Crippen LogP contribution in [0, 0.1) is 18.3 Å². The van der Waals surface area contributed by atoms with E-state index in [2.05, 4.69) is 34.6 Å². The highest BCUT2D eigenvalue weighted by atomic mass is 16.6. The van der Waals surface area contributed by atoms with E-state index >= 15 is 0 Å². The molecule has 2 aliphatic rings. The number of aryl methyl sites for hydroxylation is 2. The Bertz CT molecular complexity index is 1100. The van der Waals surface area contributed by atoms with Crippen LogP contribution in [0.25, 0.3) is 11.0 Å². The number of nitriles is 1. The maximum absolute atomic E-state index is 9.35. The molecule has 142 valence electrons. The Kier molecular flexibility index (Phi) is 4.02. The minimum absolute atomic E-state index is 0.00430. The normalized spacial score (nSPS) is 22.2. The molecule has 1 N–H and O–H groups in total. The quantitative estimate of drug-likeness (QED) is 0.543. The van der Waals surface area contributed by atoms with E-state index in [4.69, 9.17) is 9.72 Å². The standard InChI is InChI=1S/C21H22N6O/c1-3-4-5-8-27-11-15-18(23-12(2)24-20(15)26-27)17-14-9-13(10-22)6-7-16(14)25-21-19(17)28-21/h6-7,9,11,17,19,21,25H,3-5,8H2,1-2H3. The second-order valence-electron chi connectivity index (χ2n) is 7.55. The number of benzene rings is 1. The largest absolute Gasteiger partial charge is 0.358 e. The Hall–Kier alpha value is -2.98. The van der Waals surface area contributed by atoms with E-state index in [1.165, 1.54) is 12.8 Å². The summed E-state index contributed by atoms with van der Waals surface area (Å²) >= 11 is 0. The molecule has 3 aromatic rings. The van der Waals surface area contributed by atoms with Crippen molar-refractivity contribution in [3.63, 3.8) is 0 Å². The molecule has 1 saturated heterocycles. The molecule has 2 aromatic heterocycles. The summed E-state index contributed by atoms with van der Waals surface area (Å²) in [5.74, 6) is 0.669. The van der Waals surface area contributed by atoms with Crippen LogP contribution in [0.5, 0.6) is 0 Å². The van der Waals surface area contributed by atoms with Gasteiger partial charge in [-0.05, 0) is 37.1 Å². The SMILES string of the molecule is CCCCCn1cc2c(C3c4cc(C#N)ccc4NC4OC43)nc(C)nc2n1. The van der Waals surface area contributed by atoms with Crippen molar-refractivity contribution in [2.24, 2.45) is 0 Å². The van der Waals surface area contributed by atoms with E-state index in [1.54, 1.807) is 0 Å². The number of nitrogens with one attached hydrogen (secondary N) is 1. The fourth-order valence-corrected chi connectivity index (χ4v) is 4.11. The van der Waals surface area contributed by atoms with Crippen LogP contribution in [0.2, 0.25) is 0 Å². The third-order valence-electron chi connectivity index (χ3n) is 5.52. The molecule has 1 aromatic carbocycles. The van der Waals surface area contributed by atoms with Gasteiger partial charge in [-0.25, -0.2) is 9.97 Å². The number of fused-ring (bicyclic) bond motifs is 3. The van der Waals surface area contributed by atoms with Gasteiger partial charge in [-0.15, -0.1) is 0 Å². The first-order chi connectivity index (χ1) is 13.7. The van der Waals surface area contributed by atoms with Gasteiger partial charge < -0.3 is 10.1 Å². The molecule has 0 aliphatic carbocycles. The van der Waals surface area contributed by atoms with Crippen LogP contribution in [0.15, 0.2) is 24.4 Å². The number of anilines is 1. The number of aromatic nitrogens is 4. The zero-order chi connectivity index (χ0) is 19.3. The number of ether oxygens (including phenoxy) is 1. The second-order valence-corrected chi connectivity index (χ2v) is 7.55. The molecule has 0 spiro atoms. The highest BCUT2D eigenvalue weighted by molar-refractivity contribution is 5.79. The van der Waals surface area contributed by atoms with Crippen molar-refractivity contribution < 1.29 is 4.74 Å². The van der Waals surface area contributed by atoms with E-state index in [-0.39, 0.29) is 18.2 Å². The summed E-state index contributed by atoms with van der Waals surface area (Å²) < 4.78 is 7.88. The summed E-state index contributed by atoms with van der Waals surface area (Å²) in [6, 6.07) is 7.97. The van der Waals surface area contributed by atoms with Gasteiger partial charge in [0.1, 0.15) is 11.9 Å². The molecular weight excluding hydrogens is 352 g/mol. The molecule has 0 saturated carbocycles. The molecule has 5 rings (SSSR count). The summed E-state index contributed by atoms with van der Waals surface area (Å²) in [6.45, 7) is 4.98. The Morgan fingerprint density at radius 3 is 3.00 bits per heavy atom. The molecule has 3 unspecified atom stereocenters. The van der Waals surface area contributed by atoms with Crippen molar-refractivity contribution in [1.82, 2.24) is 19.7 Å². The minimum Gasteiger partial charge on any atom is -0.358 e. The lowest BCUT2D eigenvalue weighted by molar-refractivity contribution is 0.371. The van der Waals surface area contributed by atoms with Crippen LogP contribution >= 0.6 is 0 Å². The van der Waals surface area contributed by atoms with Gasteiger partial charge in [-0.2, -0.15) is 10.4 Å². The predicted molar refractivity (Wildman–Crippen MR) is 105 cm³/mol. The third kappa shape index (κ3) is 2.81. The van der Waals surface area contributed by atoms with Gasteiger partial charge in [0.05, 0.1) is 28.6 Å². The molecule has 3 atom stereocenters. The average Bonchev–Trinajstić information content (AvgIpc) is 3.35. The predicted octanol–water partition coefficient (Wildman–Crippen LogP) is 3.48. The molecule has 7 heteroatoms. The lowest BCUT2D eigenvalue weighted by Crippen LogP contribution is -2.24. The van der Waals surface area contributed by atoms with Crippen LogP contribution in [0.3, 0.4) is 0 Å². The van der Waals surface area contributed by atoms with Crippen LogP contribution in [0.4, 0.5) is 5.69 Å². The van der Waals surface area contributed by atoms with Crippen molar-refractivity contribution in [1.29, 1.82) is 5.26 Å². The smallest absolute Gasteiger partial charge is 0.184 e. The fraction of sp³-hybridized carbons (Fsp3) is 0.429. The van der Waals surface area contributed by atoms with Crippen molar-refractivity contribution in [3.8, 4) is 6.07 Å². The van der Waals surface area contributed by atoms with E-state index < -0.39 is 0 Å². The average molecular weight is 374 g/mol. The lowest BCUT2D eigenvalue weighted by Gasteiger charge is -2.23. The number of hydrogen-bond donors (Lipinski definition) is 1. The maximum atomic E-state index is 9.35. The molecule has 0 bridgehead atoms. The van der Waals surface area contributed by atoms with Crippen LogP contribution in [0.1, 0.15) is 54.7 Å². The molecule has 0 radical (unpaired) electrons. The maximum Gasteiger partial charge on any atom is 0.184 e. The number of epoxide rings is 1. The summed E-state index contributed by atoms with van der Waals surface area (Å²) in [7, 11) is 0. The van der Waals surface area contributed by atoms with Gasteiger partial charge in [0.2, 0.25) is 0 Å². The molecule has 4 heterocycles. The van der Waals surface area contributed by atoms with Crippen molar-refractivity contribution >= 4 is 16.7 Å². The van der Waals surface area contributed by atoms with Gasteiger partial charge in [0.25, 0.3) is 0 Å². The third-order valence-corrected chi connectivity index (χ3v) is 5.52.